The van der Waals surface area contributed by atoms with Gasteiger partial charge in [-0.3, -0.25) is 10.1 Å². The fraction of sp³-hybridized carbons (Fsp3) is 0.100. The van der Waals surface area contributed by atoms with Gasteiger partial charge in [-0.05, 0) is 18.2 Å². The van der Waals surface area contributed by atoms with E-state index in [1.165, 1.54) is 18.2 Å². The minimum atomic E-state index is -5.00. The van der Waals surface area contributed by atoms with Crippen molar-refractivity contribution in [3.05, 3.63) is 23.8 Å². The lowest BCUT2D eigenvalue weighted by Gasteiger charge is -2.03. The highest BCUT2D eigenvalue weighted by Crippen LogP contribution is 2.28. The number of aromatic carboxylic acids is 1. The number of aromatic nitrogens is 1. The molecule has 0 radical (unpaired) electrons. The number of carboxylic acids is 1. The molecule has 0 atom stereocenters. The number of alkyl halides is 3. The number of hydrogen-bond acceptors (Lipinski definition) is 4. The van der Waals surface area contributed by atoms with E-state index in [0.29, 0.717) is 10.2 Å². The zero-order chi connectivity index (χ0) is 14.2. The van der Waals surface area contributed by atoms with Gasteiger partial charge in [0.05, 0.1) is 15.8 Å². The molecule has 1 heterocycles. The van der Waals surface area contributed by atoms with Crippen molar-refractivity contribution >= 4 is 38.6 Å². The Kier molecular flexibility index (Phi) is 3.14. The molecule has 0 aliphatic heterocycles. The van der Waals surface area contributed by atoms with E-state index in [-0.39, 0.29) is 10.7 Å². The van der Waals surface area contributed by atoms with Gasteiger partial charge in [-0.2, -0.15) is 13.2 Å². The summed E-state index contributed by atoms with van der Waals surface area (Å²) in [7, 11) is 0. The number of halogens is 3. The molecule has 0 bridgehead atoms. The van der Waals surface area contributed by atoms with E-state index < -0.39 is 18.1 Å². The van der Waals surface area contributed by atoms with Crippen LogP contribution >= 0.6 is 11.3 Å². The van der Waals surface area contributed by atoms with Crippen molar-refractivity contribution in [2.75, 3.05) is 5.32 Å². The van der Waals surface area contributed by atoms with E-state index in [4.69, 9.17) is 5.11 Å². The lowest BCUT2D eigenvalue weighted by atomic mass is 10.2. The Morgan fingerprint density at radius 3 is 2.58 bits per heavy atom. The van der Waals surface area contributed by atoms with Gasteiger partial charge in [0, 0.05) is 0 Å². The van der Waals surface area contributed by atoms with Crippen LogP contribution in [0.1, 0.15) is 10.4 Å². The molecule has 2 N–H and O–H groups in total. The number of carbonyl (C=O) groups excluding carboxylic acids is 1. The maximum atomic E-state index is 12.0. The second-order valence-electron chi connectivity index (χ2n) is 3.46. The Bertz CT molecular complexity index is 666. The van der Waals surface area contributed by atoms with Gasteiger partial charge in [-0.15, -0.1) is 0 Å². The van der Waals surface area contributed by atoms with Gasteiger partial charge >= 0.3 is 18.1 Å². The predicted molar refractivity (Wildman–Crippen MR) is 61.3 cm³/mol. The summed E-state index contributed by atoms with van der Waals surface area (Å²) >= 11 is 0.767. The van der Waals surface area contributed by atoms with E-state index >= 15 is 0 Å². The molecule has 2 rings (SSSR count). The first kappa shape index (κ1) is 13.3. The molecule has 0 saturated heterocycles. The lowest BCUT2D eigenvalue weighted by Crippen LogP contribution is -2.29. The number of nitrogens with zero attached hydrogens (tertiary/aromatic N) is 1. The smallest absolute Gasteiger partial charge is 0.471 e. The molecule has 100 valence electrons. The van der Waals surface area contributed by atoms with E-state index in [0.717, 1.165) is 11.3 Å². The molecule has 5 nitrogen and oxygen atoms in total. The van der Waals surface area contributed by atoms with Gasteiger partial charge < -0.3 is 5.11 Å². The Balaban J connectivity index is 2.32. The molecular weight excluding hydrogens is 285 g/mol. The summed E-state index contributed by atoms with van der Waals surface area (Å²) in [5.41, 5.74) is 0.303. The number of amides is 1. The molecule has 0 aliphatic carbocycles. The molecule has 2 aromatic rings. The van der Waals surface area contributed by atoms with Crippen LogP contribution in [0.3, 0.4) is 0 Å². The molecule has 1 amide bonds. The lowest BCUT2D eigenvalue weighted by molar-refractivity contribution is -0.167. The highest BCUT2D eigenvalue weighted by atomic mass is 32.1. The van der Waals surface area contributed by atoms with Crippen LogP contribution in [-0.2, 0) is 4.79 Å². The molecule has 0 fully saturated rings. The van der Waals surface area contributed by atoms with Crippen LogP contribution in [0, 0.1) is 0 Å². The molecule has 1 aromatic carbocycles. The predicted octanol–water partition coefficient (Wildman–Crippen LogP) is 2.50. The van der Waals surface area contributed by atoms with Crippen LogP contribution in [-0.4, -0.2) is 28.1 Å². The Hall–Kier alpha value is -2.16. The topological polar surface area (TPSA) is 79.3 Å². The average molecular weight is 290 g/mol. The fourth-order valence-electron chi connectivity index (χ4n) is 1.28. The second-order valence-corrected chi connectivity index (χ2v) is 4.49. The number of thiazole rings is 1. The molecule has 19 heavy (non-hydrogen) atoms. The van der Waals surface area contributed by atoms with Gasteiger partial charge in [-0.25, -0.2) is 9.78 Å². The third kappa shape index (κ3) is 2.81. The van der Waals surface area contributed by atoms with Crippen molar-refractivity contribution < 1.29 is 27.9 Å². The number of benzene rings is 1. The third-order valence-corrected chi connectivity index (χ3v) is 3.05. The summed E-state index contributed by atoms with van der Waals surface area (Å²) in [5, 5.41) is 10.1. The Labute approximate surface area is 107 Å². The van der Waals surface area contributed by atoms with Crippen LogP contribution in [0.2, 0.25) is 0 Å². The molecule has 0 spiro atoms. The maximum absolute atomic E-state index is 12.0. The average Bonchev–Trinajstić information content (AvgIpc) is 2.68. The summed E-state index contributed by atoms with van der Waals surface area (Å²) in [6, 6.07) is 3.91. The van der Waals surface area contributed by atoms with Gasteiger partial charge in [0.25, 0.3) is 0 Å². The normalized spacial score (nSPS) is 11.5. The SMILES string of the molecule is O=C(O)c1ccc2nc(NC(=O)C(F)(F)F)sc2c1. The number of rotatable bonds is 2. The van der Waals surface area contributed by atoms with Crippen molar-refractivity contribution in [2.24, 2.45) is 0 Å². The second kappa shape index (κ2) is 4.50. The summed E-state index contributed by atoms with van der Waals surface area (Å²) in [4.78, 5) is 25.2. The fourth-order valence-corrected chi connectivity index (χ4v) is 2.18. The number of carboxylic acid groups (broad SMARTS) is 1. The van der Waals surface area contributed by atoms with Gasteiger partial charge in [-0.1, -0.05) is 11.3 Å². The summed E-state index contributed by atoms with van der Waals surface area (Å²) in [5.74, 6) is -3.28. The molecular formula is C10H5F3N2O3S. The summed E-state index contributed by atoms with van der Waals surface area (Å²) in [6.07, 6.45) is -5.00. The monoisotopic (exact) mass is 290 g/mol. The van der Waals surface area contributed by atoms with E-state index in [1.807, 2.05) is 0 Å². The van der Waals surface area contributed by atoms with Crippen LogP contribution in [0.15, 0.2) is 18.2 Å². The van der Waals surface area contributed by atoms with Crippen molar-refractivity contribution in [1.82, 2.24) is 4.98 Å². The van der Waals surface area contributed by atoms with E-state index in [1.54, 1.807) is 5.32 Å². The number of hydrogen-bond donors (Lipinski definition) is 2. The highest BCUT2D eigenvalue weighted by molar-refractivity contribution is 7.22. The molecule has 0 unspecified atom stereocenters. The standard InChI is InChI=1S/C10H5F3N2O3S/c11-10(12,13)8(18)15-9-14-5-2-1-4(7(16)17)3-6(5)19-9/h1-3H,(H,16,17)(H,14,15,18). The quantitative estimate of drug-likeness (QED) is 0.890. The molecule has 0 saturated carbocycles. The maximum Gasteiger partial charge on any atom is 0.471 e. The highest BCUT2D eigenvalue weighted by Gasteiger charge is 2.39. The van der Waals surface area contributed by atoms with Crippen LogP contribution in [0.4, 0.5) is 18.3 Å². The van der Waals surface area contributed by atoms with Crippen LogP contribution < -0.4 is 5.32 Å². The first-order valence-corrected chi connectivity index (χ1v) is 5.61. The zero-order valence-electron chi connectivity index (χ0n) is 8.99. The summed E-state index contributed by atoms with van der Waals surface area (Å²) < 4.78 is 36.5. The Morgan fingerprint density at radius 2 is 2.00 bits per heavy atom. The molecule has 1 aromatic heterocycles. The summed E-state index contributed by atoms with van der Waals surface area (Å²) in [6.45, 7) is 0. The molecule has 0 aliphatic rings. The van der Waals surface area contributed by atoms with Crippen LogP contribution in [0.25, 0.3) is 10.2 Å². The van der Waals surface area contributed by atoms with E-state index in [2.05, 4.69) is 4.98 Å². The minimum Gasteiger partial charge on any atom is -0.478 e. The van der Waals surface area contributed by atoms with Crippen molar-refractivity contribution in [3.8, 4) is 0 Å². The van der Waals surface area contributed by atoms with Gasteiger partial charge in [0.15, 0.2) is 5.13 Å². The van der Waals surface area contributed by atoms with Gasteiger partial charge in [0.1, 0.15) is 0 Å². The molecule has 9 heteroatoms. The first-order valence-electron chi connectivity index (χ1n) is 4.79. The third-order valence-electron chi connectivity index (χ3n) is 2.11. The minimum absolute atomic E-state index is 0.00940. The van der Waals surface area contributed by atoms with Crippen molar-refractivity contribution in [2.45, 2.75) is 6.18 Å². The Morgan fingerprint density at radius 1 is 1.32 bits per heavy atom. The van der Waals surface area contributed by atoms with Crippen molar-refractivity contribution in [3.63, 3.8) is 0 Å². The largest absolute Gasteiger partial charge is 0.478 e. The van der Waals surface area contributed by atoms with Crippen molar-refractivity contribution in [1.29, 1.82) is 0 Å². The van der Waals surface area contributed by atoms with E-state index in [9.17, 15) is 22.8 Å². The van der Waals surface area contributed by atoms with Gasteiger partial charge in [0.2, 0.25) is 0 Å². The van der Waals surface area contributed by atoms with Crippen LogP contribution in [0.5, 0.6) is 0 Å². The number of fused-ring (bicyclic) bond motifs is 1. The zero-order valence-corrected chi connectivity index (χ0v) is 9.80. The number of anilines is 1. The number of carbonyl (C=O) groups is 2. The first-order chi connectivity index (χ1) is 8.77. The number of nitrogens with one attached hydrogen (secondary N) is 1.